The fourth-order valence-electron chi connectivity index (χ4n) is 1.94. The molecule has 0 aromatic heterocycles. The molecule has 0 saturated heterocycles. The average molecular weight is 401 g/mol. The summed E-state index contributed by atoms with van der Waals surface area (Å²) in [5.74, 6) is 3.99. The standard InChI is InChI=1S/C10H15.C8H6.2ClH.Nb/c1-6-7(2)9(4)10(5)8(6)3;1-2-8-6-4-3-5-7-8;;;/h1-5H3;1,3-7H;2*1H;/q;;;;+2/p-2. The van der Waals surface area contributed by atoms with E-state index in [4.69, 9.17) is 24.8 Å². The van der Waals surface area contributed by atoms with Crippen LogP contribution in [0.15, 0.2) is 52.6 Å². The SMILES string of the molecule is C#Cc1ccccc1.C[C]1C(C)=C(C)C(C)=C1C.[Cl][Nb][Cl]. The van der Waals surface area contributed by atoms with Crippen molar-refractivity contribution in [2.75, 3.05) is 0 Å². The molecule has 1 aromatic carbocycles. The maximum absolute atomic E-state index is 5.10. The van der Waals surface area contributed by atoms with Crippen LogP contribution in [0.5, 0.6) is 0 Å². The quantitative estimate of drug-likeness (QED) is 0.353. The number of allylic oxidation sites excluding steroid dienone is 4. The first-order valence-electron chi connectivity index (χ1n) is 6.54. The Morgan fingerprint density at radius 3 is 1.38 bits per heavy atom. The van der Waals surface area contributed by atoms with Gasteiger partial charge in [0.2, 0.25) is 0 Å². The molecule has 3 heteroatoms. The number of halogens is 2. The van der Waals surface area contributed by atoms with Gasteiger partial charge >= 0.3 is 36.0 Å². The molecule has 0 spiro atoms. The van der Waals surface area contributed by atoms with Crippen molar-refractivity contribution in [2.24, 2.45) is 0 Å². The van der Waals surface area contributed by atoms with Crippen LogP contribution in [0.25, 0.3) is 0 Å². The Labute approximate surface area is 146 Å². The Morgan fingerprint density at radius 2 is 1.19 bits per heavy atom. The first-order valence-corrected chi connectivity index (χ1v) is 12.2. The Kier molecular flexibility index (Phi) is 11.0. The van der Waals surface area contributed by atoms with Gasteiger partial charge in [-0.3, -0.25) is 0 Å². The van der Waals surface area contributed by atoms with Crippen molar-refractivity contribution in [3.63, 3.8) is 0 Å². The van der Waals surface area contributed by atoms with E-state index in [-0.39, 0.29) is 0 Å². The second kappa shape index (κ2) is 11.2. The molecule has 0 nitrogen and oxygen atoms in total. The van der Waals surface area contributed by atoms with Crippen LogP contribution >= 0.6 is 18.4 Å². The fourth-order valence-corrected chi connectivity index (χ4v) is 1.94. The number of hydrogen-bond acceptors (Lipinski definition) is 0. The number of benzene rings is 1. The predicted octanol–water partition coefficient (Wildman–Crippen LogP) is 6.31. The van der Waals surface area contributed by atoms with Gasteiger partial charge in [-0.15, -0.1) is 6.42 Å². The molecule has 1 radical (unpaired) electrons. The Morgan fingerprint density at radius 1 is 0.810 bits per heavy atom. The normalized spacial score (nSPS) is 13.8. The van der Waals surface area contributed by atoms with Crippen LogP contribution in [0.4, 0.5) is 0 Å². The molecular weight excluding hydrogens is 380 g/mol. The van der Waals surface area contributed by atoms with Gasteiger partial charge in [-0.1, -0.05) is 42.2 Å². The third-order valence-electron chi connectivity index (χ3n) is 3.75. The van der Waals surface area contributed by atoms with Crippen molar-refractivity contribution in [2.45, 2.75) is 34.6 Å². The van der Waals surface area contributed by atoms with Gasteiger partial charge in [0.15, 0.2) is 0 Å². The summed E-state index contributed by atoms with van der Waals surface area (Å²) in [7, 11) is 9.83. The van der Waals surface area contributed by atoms with E-state index in [1.165, 1.54) is 28.2 Å². The third-order valence-corrected chi connectivity index (χ3v) is 3.75. The van der Waals surface area contributed by atoms with Gasteiger partial charge in [-0.05, 0) is 51.0 Å². The van der Waals surface area contributed by atoms with E-state index in [0.29, 0.717) is 0 Å². The van der Waals surface area contributed by atoms with Crippen molar-refractivity contribution >= 4 is 18.4 Å². The molecule has 0 fully saturated rings. The number of rotatable bonds is 0. The van der Waals surface area contributed by atoms with E-state index in [1.54, 1.807) is 0 Å². The summed E-state index contributed by atoms with van der Waals surface area (Å²) < 4.78 is 0. The fraction of sp³-hybridized carbons (Fsp3) is 0.278. The Bertz CT molecular complexity index is 512. The van der Waals surface area contributed by atoms with E-state index in [0.717, 1.165) is 5.56 Å². The second-order valence-corrected chi connectivity index (χ2v) is 8.04. The number of hydrogen-bond donors (Lipinski definition) is 0. The van der Waals surface area contributed by atoms with Crippen LogP contribution in [-0.2, 0) is 17.6 Å². The molecule has 1 aromatic rings. The zero-order chi connectivity index (χ0) is 16.4. The molecule has 21 heavy (non-hydrogen) atoms. The van der Waals surface area contributed by atoms with E-state index < -0.39 is 17.6 Å². The van der Waals surface area contributed by atoms with E-state index in [1.807, 2.05) is 30.3 Å². The zero-order valence-electron chi connectivity index (χ0n) is 13.2. The van der Waals surface area contributed by atoms with Crippen LogP contribution in [0.2, 0.25) is 0 Å². The van der Waals surface area contributed by atoms with Gasteiger partial charge < -0.3 is 0 Å². The van der Waals surface area contributed by atoms with Crippen molar-refractivity contribution < 1.29 is 17.6 Å². The first-order chi connectivity index (χ1) is 9.90. The minimum absolute atomic E-state index is 0.706. The van der Waals surface area contributed by atoms with Crippen molar-refractivity contribution in [1.82, 2.24) is 0 Å². The van der Waals surface area contributed by atoms with Crippen molar-refractivity contribution in [3.8, 4) is 12.3 Å². The van der Waals surface area contributed by atoms with Crippen molar-refractivity contribution in [1.29, 1.82) is 0 Å². The third kappa shape index (κ3) is 6.92. The predicted molar refractivity (Wildman–Crippen MR) is 91.7 cm³/mol. The summed E-state index contributed by atoms with van der Waals surface area (Å²) in [6, 6.07) is 9.60. The summed E-state index contributed by atoms with van der Waals surface area (Å²) in [6.07, 6.45) is 5.10. The molecule has 112 valence electrons. The molecule has 1 aliphatic carbocycles. The zero-order valence-corrected chi connectivity index (χ0v) is 16.9. The van der Waals surface area contributed by atoms with Crippen molar-refractivity contribution in [3.05, 3.63) is 64.1 Å². The Balaban J connectivity index is 0.000000327. The molecule has 1 aliphatic rings. The average Bonchev–Trinajstić information content (AvgIpc) is 2.68. The van der Waals surface area contributed by atoms with Gasteiger partial charge in [0.25, 0.3) is 0 Å². The molecule has 0 saturated carbocycles. The summed E-state index contributed by atoms with van der Waals surface area (Å²) in [5, 5.41) is 0. The topological polar surface area (TPSA) is 0 Å². The van der Waals surface area contributed by atoms with E-state index in [2.05, 4.69) is 40.5 Å². The molecule has 0 amide bonds. The summed E-state index contributed by atoms with van der Waals surface area (Å²) in [5.41, 5.74) is 6.81. The molecule has 0 heterocycles. The van der Waals surface area contributed by atoms with Gasteiger partial charge in [0.05, 0.1) is 0 Å². The minimum atomic E-state index is -0.706. The van der Waals surface area contributed by atoms with Crippen LogP contribution in [0.1, 0.15) is 40.2 Å². The first kappa shape index (κ1) is 20.6. The molecular formula is C18H21Cl2Nb. The van der Waals surface area contributed by atoms with Gasteiger partial charge in [-0.25, -0.2) is 0 Å². The molecule has 0 bridgehead atoms. The number of terminal acetylenes is 1. The van der Waals surface area contributed by atoms with Gasteiger partial charge in [0, 0.05) is 11.5 Å². The van der Waals surface area contributed by atoms with Crippen LogP contribution in [-0.4, -0.2) is 0 Å². The second-order valence-electron chi connectivity index (χ2n) is 4.70. The van der Waals surface area contributed by atoms with Crippen LogP contribution < -0.4 is 0 Å². The molecule has 0 unspecified atom stereocenters. The summed E-state index contributed by atoms with van der Waals surface area (Å²) >= 11 is -0.706. The van der Waals surface area contributed by atoms with Gasteiger partial charge in [0.1, 0.15) is 0 Å². The summed E-state index contributed by atoms with van der Waals surface area (Å²) in [6.45, 7) is 11.0. The van der Waals surface area contributed by atoms with E-state index in [9.17, 15) is 0 Å². The molecule has 2 rings (SSSR count). The molecule has 0 atom stereocenters. The summed E-state index contributed by atoms with van der Waals surface area (Å²) in [4.78, 5) is 0. The monoisotopic (exact) mass is 400 g/mol. The molecule has 0 aliphatic heterocycles. The molecule has 0 N–H and O–H groups in total. The van der Waals surface area contributed by atoms with Gasteiger partial charge in [-0.2, -0.15) is 0 Å². The van der Waals surface area contributed by atoms with E-state index >= 15 is 0 Å². The Hall–Kier alpha value is -0.420. The van der Waals surface area contributed by atoms with Crippen LogP contribution in [0.3, 0.4) is 0 Å². The van der Waals surface area contributed by atoms with Crippen LogP contribution in [0, 0.1) is 18.3 Å². The maximum atomic E-state index is 5.10.